The second kappa shape index (κ2) is 8.71. The average Bonchev–Trinajstić information content (AvgIpc) is 3.31. The fourth-order valence-electron chi connectivity index (χ4n) is 4.31. The van der Waals surface area contributed by atoms with Crippen LogP contribution in [0.3, 0.4) is 0 Å². The van der Waals surface area contributed by atoms with E-state index in [-0.39, 0.29) is 17.5 Å². The number of hydrogen-bond donors (Lipinski definition) is 1. The minimum atomic E-state index is -0.233. The average molecular weight is 405 g/mol. The second-order valence-corrected chi connectivity index (χ2v) is 7.68. The van der Waals surface area contributed by atoms with Gasteiger partial charge in [-0.3, -0.25) is 14.5 Å². The maximum atomic E-state index is 13.1. The first kappa shape index (κ1) is 20.2. The zero-order valence-corrected chi connectivity index (χ0v) is 17.4. The molecule has 1 fully saturated rings. The third-order valence-corrected chi connectivity index (χ3v) is 5.93. The molecular formula is C24H27N3O3. The summed E-state index contributed by atoms with van der Waals surface area (Å²) in [6.07, 6.45) is 2.30. The zero-order valence-electron chi connectivity index (χ0n) is 17.4. The third-order valence-electron chi connectivity index (χ3n) is 5.93. The number of amides is 1. The van der Waals surface area contributed by atoms with E-state index < -0.39 is 0 Å². The van der Waals surface area contributed by atoms with Crippen LogP contribution in [0.5, 0.6) is 5.75 Å². The smallest absolute Gasteiger partial charge is 0.252 e. The molecule has 3 aromatic rings. The van der Waals surface area contributed by atoms with E-state index in [4.69, 9.17) is 4.74 Å². The van der Waals surface area contributed by atoms with Crippen molar-refractivity contribution in [2.45, 2.75) is 18.9 Å². The van der Waals surface area contributed by atoms with Crippen LogP contribution >= 0.6 is 0 Å². The molecule has 1 N–H and O–H groups in total. The number of fused-ring (bicyclic) bond motifs is 1. The molecule has 1 aliphatic heterocycles. The highest BCUT2D eigenvalue weighted by Crippen LogP contribution is 2.31. The number of nitrogens with zero attached hydrogens (tertiary/aromatic N) is 2. The van der Waals surface area contributed by atoms with Crippen molar-refractivity contribution in [3.05, 3.63) is 76.1 Å². The predicted octanol–water partition coefficient (Wildman–Crippen LogP) is 3.11. The van der Waals surface area contributed by atoms with Gasteiger partial charge in [0.1, 0.15) is 5.75 Å². The number of hydrogen-bond acceptors (Lipinski definition) is 4. The number of para-hydroxylation sites is 2. The Morgan fingerprint density at radius 1 is 1.10 bits per heavy atom. The number of pyridine rings is 1. The number of likely N-dealkylation sites (tertiary alicyclic amines) is 1. The highest BCUT2D eigenvalue weighted by molar-refractivity contribution is 6.06. The van der Waals surface area contributed by atoms with Gasteiger partial charge < -0.3 is 14.6 Å². The van der Waals surface area contributed by atoms with Crippen molar-refractivity contribution in [1.82, 2.24) is 14.8 Å². The number of carbonyl (C=O) groups excluding carboxylic acids is 1. The molecule has 1 amide bonds. The molecule has 1 unspecified atom stereocenters. The van der Waals surface area contributed by atoms with Crippen LogP contribution in [-0.2, 0) is 7.05 Å². The molecule has 2 aromatic carbocycles. The van der Waals surface area contributed by atoms with E-state index in [0.29, 0.717) is 12.1 Å². The van der Waals surface area contributed by atoms with Gasteiger partial charge in [0, 0.05) is 30.6 Å². The Morgan fingerprint density at radius 3 is 2.57 bits per heavy atom. The number of aromatic nitrogens is 1. The summed E-state index contributed by atoms with van der Waals surface area (Å²) in [7, 11) is 3.39. The monoisotopic (exact) mass is 405 g/mol. The molecule has 1 aliphatic rings. The van der Waals surface area contributed by atoms with E-state index in [1.807, 2.05) is 42.5 Å². The van der Waals surface area contributed by atoms with E-state index in [1.165, 1.54) is 6.07 Å². The predicted molar refractivity (Wildman–Crippen MR) is 118 cm³/mol. The number of rotatable bonds is 6. The fourth-order valence-corrected chi connectivity index (χ4v) is 4.31. The van der Waals surface area contributed by atoms with Gasteiger partial charge in [-0.2, -0.15) is 0 Å². The van der Waals surface area contributed by atoms with Gasteiger partial charge in [-0.05, 0) is 38.1 Å². The van der Waals surface area contributed by atoms with Gasteiger partial charge in [-0.15, -0.1) is 0 Å². The normalized spacial score (nSPS) is 15.3. The first-order valence-corrected chi connectivity index (χ1v) is 10.3. The van der Waals surface area contributed by atoms with E-state index in [0.717, 1.165) is 48.1 Å². The number of nitrogens with one attached hydrogen (secondary N) is 1. The molecule has 0 radical (unpaired) electrons. The van der Waals surface area contributed by atoms with Crippen LogP contribution in [0.25, 0.3) is 10.9 Å². The van der Waals surface area contributed by atoms with Crippen molar-refractivity contribution in [2.75, 3.05) is 26.7 Å². The highest BCUT2D eigenvalue weighted by atomic mass is 16.5. The van der Waals surface area contributed by atoms with Crippen LogP contribution < -0.4 is 15.6 Å². The summed E-state index contributed by atoms with van der Waals surface area (Å²) < 4.78 is 7.14. The Balaban J connectivity index is 1.63. The third kappa shape index (κ3) is 3.83. The van der Waals surface area contributed by atoms with E-state index in [9.17, 15) is 9.59 Å². The lowest BCUT2D eigenvalue weighted by atomic mass is 10.0. The molecule has 6 nitrogen and oxygen atoms in total. The molecular weight excluding hydrogens is 378 g/mol. The number of benzene rings is 2. The summed E-state index contributed by atoms with van der Waals surface area (Å²) in [5.74, 6) is 0.589. The van der Waals surface area contributed by atoms with Crippen LogP contribution in [0, 0.1) is 0 Å². The molecule has 1 atom stereocenters. The first-order valence-electron chi connectivity index (χ1n) is 10.3. The van der Waals surface area contributed by atoms with Gasteiger partial charge in [-0.1, -0.05) is 36.4 Å². The Morgan fingerprint density at radius 2 is 1.80 bits per heavy atom. The largest absolute Gasteiger partial charge is 0.496 e. The first-order chi connectivity index (χ1) is 14.6. The van der Waals surface area contributed by atoms with Crippen LogP contribution in [0.1, 0.15) is 34.8 Å². The fraction of sp³-hybridized carbons (Fsp3) is 0.333. The van der Waals surface area contributed by atoms with E-state index in [2.05, 4.69) is 16.3 Å². The van der Waals surface area contributed by atoms with Gasteiger partial charge in [0.05, 0.1) is 24.2 Å². The summed E-state index contributed by atoms with van der Waals surface area (Å²) in [5, 5.41) is 3.85. The Labute approximate surface area is 176 Å². The minimum absolute atomic E-state index is 0.0189. The Kier molecular flexibility index (Phi) is 5.86. The topological polar surface area (TPSA) is 63.6 Å². The van der Waals surface area contributed by atoms with Crippen molar-refractivity contribution in [3.8, 4) is 5.75 Å². The van der Waals surface area contributed by atoms with Crippen molar-refractivity contribution in [2.24, 2.45) is 7.05 Å². The molecule has 2 heterocycles. The molecule has 0 spiro atoms. The number of aryl methyl sites for hydroxylation is 1. The lowest BCUT2D eigenvalue weighted by molar-refractivity contribution is 0.0938. The summed E-state index contributed by atoms with van der Waals surface area (Å²) in [4.78, 5) is 27.9. The lowest BCUT2D eigenvalue weighted by Crippen LogP contribution is -2.37. The minimum Gasteiger partial charge on any atom is -0.496 e. The zero-order chi connectivity index (χ0) is 21.1. The molecule has 156 valence electrons. The summed E-state index contributed by atoms with van der Waals surface area (Å²) in [6, 6.07) is 16.9. The molecule has 0 bridgehead atoms. The number of carbonyl (C=O) groups is 1. The molecule has 1 saturated heterocycles. The number of methoxy groups -OCH3 is 1. The highest BCUT2D eigenvalue weighted by Gasteiger charge is 2.26. The standard InChI is InChI=1S/C24H27N3O3/c1-26-20-11-5-3-9-17(20)19(15-23(26)28)24(29)25-16-21(27-13-7-8-14-27)18-10-4-6-12-22(18)30-2/h3-6,9-12,15,21H,7-8,13-14,16H2,1-2H3,(H,25,29). The molecule has 0 aliphatic carbocycles. The van der Waals surface area contributed by atoms with Crippen LogP contribution in [0.2, 0.25) is 0 Å². The molecule has 6 heteroatoms. The van der Waals surface area contributed by atoms with Crippen molar-refractivity contribution < 1.29 is 9.53 Å². The summed E-state index contributed by atoms with van der Waals surface area (Å²) in [6.45, 7) is 2.43. The maximum Gasteiger partial charge on any atom is 0.252 e. The molecule has 4 rings (SSSR count). The van der Waals surface area contributed by atoms with Gasteiger partial charge in [0.15, 0.2) is 0 Å². The molecule has 30 heavy (non-hydrogen) atoms. The molecule has 0 saturated carbocycles. The SMILES string of the molecule is COc1ccccc1C(CNC(=O)c1cc(=O)n(C)c2ccccc12)N1CCCC1. The van der Waals surface area contributed by atoms with Gasteiger partial charge in [0.25, 0.3) is 11.5 Å². The number of ether oxygens (including phenoxy) is 1. The van der Waals surface area contributed by atoms with Crippen LogP contribution in [0.4, 0.5) is 0 Å². The lowest BCUT2D eigenvalue weighted by Gasteiger charge is -2.29. The van der Waals surface area contributed by atoms with E-state index >= 15 is 0 Å². The summed E-state index contributed by atoms with van der Waals surface area (Å²) in [5.41, 5.74) is 2.03. The van der Waals surface area contributed by atoms with Gasteiger partial charge in [-0.25, -0.2) is 0 Å². The van der Waals surface area contributed by atoms with Crippen molar-refractivity contribution in [3.63, 3.8) is 0 Å². The Bertz CT molecular complexity index is 1120. The molecule has 1 aromatic heterocycles. The van der Waals surface area contributed by atoms with E-state index in [1.54, 1.807) is 18.7 Å². The Hall–Kier alpha value is -3.12. The van der Waals surface area contributed by atoms with Gasteiger partial charge >= 0.3 is 0 Å². The van der Waals surface area contributed by atoms with Gasteiger partial charge in [0.2, 0.25) is 0 Å². The second-order valence-electron chi connectivity index (χ2n) is 7.68. The maximum absolute atomic E-state index is 13.1. The van der Waals surface area contributed by atoms with Crippen LogP contribution in [-0.4, -0.2) is 42.1 Å². The van der Waals surface area contributed by atoms with Crippen molar-refractivity contribution >= 4 is 16.8 Å². The summed E-state index contributed by atoms with van der Waals surface area (Å²) >= 11 is 0. The quantitative estimate of drug-likeness (QED) is 0.685. The van der Waals surface area contributed by atoms with Crippen molar-refractivity contribution in [1.29, 1.82) is 0 Å². The van der Waals surface area contributed by atoms with Crippen LogP contribution in [0.15, 0.2) is 59.4 Å².